The third kappa shape index (κ3) is 4.90. The summed E-state index contributed by atoms with van der Waals surface area (Å²) in [7, 11) is 0. The molecule has 0 aliphatic rings. The van der Waals surface area contributed by atoms with Crippen molar-refractivity contribution in [1.29, 1.82) is 0 Å². The normalized spacial score (nSPS) is 8.00. The van der Waals surface area contributed by atoms with Crippen LogP contribution in [-0.2, 0) is 9.47 Å². The molecule has 0 heterocycles. The lowest BCUT2D eigenvalue weighted by Crippen LogP contribution is -2.03. The quantitative estimate of drug-likeness (QED) is 0.260. The maximum absolute atomic E-state index is 10.4. The molecule has 0 radical (unpaired) electrons. The van der Waals surface area contributed by atoms with Crippen LogP contribution in [-0.4, -0.2) is 12.8 Å². The molecule has 0 bridgehead atoms. The average molecular weight is 142 g/mol. The van der Waals surface area contributed by atoms with Crippen LogP contribution in [0, 0.1) is 0 Å². The van der Waals surface area contributed by atoms with Crippen LogP contribution in [0.2, 0.25) is 0 Å². The maximum atomic E-state index is 10.4. The highest BCUT2D eigenvalue weighted by Crippen LogP contribution is 1.87. The Morgan fingerprint density at radius 1 is 1.50 bits per heavy atom. The van der Waals surface area contributed by atoms with Crippen LogP contribution in [0.4, 0.5) is 4.79 Å². The maximum Gasteiger partial charge on any atom is 0.513 e. The lowest BCUT2D eigenvalue weighted by molar-refractivity contribution is 0.0865. The van der Waals surface area contributed by atoms with Crippen LogP contribution in [0.15, 0.2) is 25.5 Å². The Morgan fingerprint density at radius 2 is 2.20 bits per heavy atom. The van der Waals surface area contributed by atoms with Crippen molar-refractivity contribution in [3.05, 3.63) is 25.5 Å². The van der Waals surface area contributed by atoms with E-state index in [4.69, 9.17) is 0 Å². The first kappa shape index (κ1) is 8.75. The molecule has 0 fully saturated rings. The van der Waals surface area contributed by atoms with Gasteiger partial charge in [0.05, 0.1) is 12.9 Å². The highest BCUT2D eigenvalue weighted by atomic mass is 16.7. The van der Waals surface area contributed by atoms with E-state index in [1.54, 1.807) is 6.08 Å². The molecule has 0 aromatic carbocycles. The molecule has 0 atom stereocenters. The van der Waals surface area contributed by atoms with Gasteiger partial charge in [-0.05, 0) is 6.42 Å². The number of ether oxygens (including phenoxy) is 2. The zero-order valence-corrected chi connectivity index (χ0v) is 5.71. The lowest BCUT2D eigenvalue weighted by atomic mass is 10.5. The summed E-state index contributed by atoms with van der Waals surface area (Å²) in [5, 5.41) is 0. The lowest BCUT2D eigenvalue weighted by Gasteiger charge is -1.98. The second kappa shape index (κ2) is 5.88. The molecule has 0 aromatic rings. The molecule has 0 aliphatic heterocycles. The topological polar surface area (TPSA) is 35.5 Å². The van der Waals surface area contributed by atoms with Gasteiger partial charge in [0.25, 0.3) is 0 Å². The predicted molar refractivity (Wildman–Crippen MR) is 37.4 cm³/mol. The van der Waals surface area contributed by atoms with Crippen LogP contribution in [0.3, 0.4) is 0 Å². The molecule has 0 amide bonds. The van der Waals surface area contributed by atoms with Crippen LogP contribution in [0.25, 0.3) is 0 Å². The monoisotopic (exact) mass is 142 g/mol. The van der Waals surface area contributed by atoms with E-state index in [0.717, 1.165) is 6.26 Å². The fraction of sp³-hybridized carbons (Fsp3) is 0.286. The molecular formula is C7H10O3. The molecule has 3 heteroatoms. The van der Waals surface area contributed by atoms with Crippen LogP contribution in [0.1, 0.15) is 6.42 Å². The molecule has 0 aromatic heterocycles. The van der Waals surface area contributed by atoms with Gasteiger partial charge in [0.1, 0.15) is 0 Å². The Hall–Kier alpha value is -1.25. The van der Waals surface area contributed by atoms with Crippen molar-refractivity contribution in [2.24, 2.45) is 0 Å². The van der Waals surface area contributed by atoms with Crippen molar-refractivity contribution in [1.82, 2.24) is 0 Å². The van der Waals surface area contributed by atoms with Gasteiger partial charge >= 0.3 is 6.16 Å². The summed E-state index contributed by atoms with van der Waals surface area (Å²) >= 11 is 0. The third-order valence-electron chi connectivity index (χ3n) is 0.721. The number of rotatable bonds is 4. The predicted octanol–water partition coefficient (Wildman–Crippen LogP) is 1.86. The summed E-state index contributed by atoms with van der Waals surface area (Å²) in [4.78, 5) is 10.4. The van der Waals surface area contributed by atoms with Crippen molar-refractivity contribution in [2.45, 2.75) is 6.42 Å². The molecule has 0 aliphatic carbocycles. The smallest absolute Gasteiger partial charge is 0.434 e. The Morgan fingerprint density at radius 3 is 2.70 bits per heavy atom. The van der Waals surface area contributed by atoms with Gasteiger partial charge in [0, 0.05) is 0 Å². The first-order chi connectivity index (χ1) is 4.81. The fourth-order valence-electron chi connectivity index (χ4n) is 0.328. The minimum absolute atomic E-state index is 0.302. The first-order valence-electron chi connectivity index (χ1n) is 2.86. The van der Waals surface area contributed by atoms with Gasteiger partial charge in [-0.25, -0.2) is 4.79 Å². The van der Waals surface area contributed by atoms with Crippen molar-refractivity contribution >= 4 is 6.16 Å². The zero-order valence-electron chi connectivity index (χ0n) is 5.71. The molecule has 0 unspecified atom stereocenters. The van der Waals surface area contributed by atoms with Crippen LogP contribution in [0.5, 0.6) is 0 Å². The summed E-state index contributed by atoms with van der Waals surface area (Å²) in [6.45, 7) is 6.94. The van der Waals surface area contributed by atoms with E-state index in [1.807, 2.05) is 0 Å². The van der Waals surface area contributed by atoms with Gasteiger partial charge in [-0.2, -0.15) is 0 Å². The minimum atomic E-state index is -0.725. The molecule has 0 rings (SSSR count). The second-order valence-corrected chi connectivity index (χ2v) is 1.46. The number of carbonyl (C=O) groups is 1. The van der Waals surface area contributed by atoms with Gasteiger partial charge in [0.15, 0.2) is 0 Å². The highest BCUT2D eigenvalue weighted by molar-refractivity contribution is 5.60. The minimum Gasteiger partial charge on any atom is -0.434 e. The Labute approximate surface area is 59.9 Å². The molecule has 3 nitrogen and oxygen atoms in total. The Kier molecular flexibility index (Phi) is 5.14. The van der Waals surface area contributed by atoms with E-state index in [1.165, 1.54) is 0 Å². The Balaban J connectivity index is 3.20. The van der Waals surface area contributed by atoms with Gasteiger partial charge in [0.2, 0.25) is 0 Å². The summed E-state index contributed by atoms with van der Waals surface area (Å²) < 4.78 is 8.78. The van der Waals surface area contributed by atoms with Gasteiger partial charge < -0.3 is 9.47 Å². The van der Waals surface area contributed by atoms with Crippen molar-refractivity contribution in [3.8, 4) is 0 Å². The summed E-state index contributed by atoms with van der Waals surface area (Å²) in [6.07, 6.45) is 2.58. The molecule has 0 N–H and O–H groups in total. The molecule has 0 spiro atoms. The molecule has 0 saturated carbocycles. The van der Waals surface area contributed by atoms with E-state index in [9.17, 15) is 4.79 Å². The average Bonchev–Trinajstić information content (AvgIpc) is 1.89. The molecule has 10 heavy (non-hydrogen) atoms. The fourth-order valence-corrected chi connectivity index (χ4v) is 0.328. The van der Waals surface area contributed by atoms with Gasteiger partial charge in [-0.3, -0.25) is 0 Å². The van der Waals surface area contributed by atoms with E-state index < -0.39 is 6.16 Å². The zero-order chi connectivity index (χ0) is 7.82. The van der Waals surface area contributed by atoms with Crippen molar-refractivity contribution in [3.63, 3.8) is 0 Å². The van der Waals surface area contributed by atoms with Crippen molar-refractivity contribution < 1.29 is 14.3 Å². The highest BCUT2D eigenvalue weighted by Gasteiger charge is 1.97. The number of hydrogen-bond acceptors (Lipinski definition) is 3. The number of carbonyl (C=O) groups excluding carboxylic acids is 1. The van der Waals surface area contributed by atoms with Gasteiger partial charge in [-0.1, -0.05) is 12.7 Å². The largest absolute Gasteiger partial charge is 0.513 e. The van der Waals surface area contributed by atoms with E-state index in [-0.39, 0.29) is 0 Å². The summed E-state index contributed by atoms with van der Waals surface area (Å²) in [5.41, 5.74) is 0. The van der Waals surface area contributed by atoms with E-state index in [2.05, 4.69) is 22.6 Å². The summed E-state index contributed by atoms with van der Waals surface area (Å²) in [6, 6.07) is 0. The Bertz CT molecular complexity index is 129. The standard InChI is InChI=1S/C7H10O3/c1-3-5-6-10-7(8)9-4-2/h3-4H,1-2,5-6H2. The third-order valence-corrected chi connectivity index (χ3v) is 0.721. The molecule has 56 valence electrons. The molecular weight excluding hydrogens is 132 g/mol. The van der Waals surface area contributed by atoms with E-state index >= 15 is 0 Å². The van der Waals surface area contributed by atoms with Crippen LogP contribution >= 0.6 is 0 Å². The number of hydrogen-bond donors (Lipinski definition) is 0. The van der Waals surface area contributed by atoms with Crippen molar-refractivity contribution in [2.75, 3.05) is 6.61 Å². The van der Waals surface area contributed by atoms with Crippen LogP contribution < -0.4 is 0 Å². The SMILES string of the molecule is C=CCCOC(=O)OC=C. The second-order valence-electron chi connectivity index (χ2n) is 1.46. The summed E-state index contributed by atoms with van der Waals surface area (Å²) in [5.74, 6) is 0. The molecule has 0 saturated heterocycles. The first-order valence-corrected chi connectivity index (χ1v) is 2.86. The van der Waals surface area contributed by atoms with E-state index in [0.29, 0.717) is 13.0 Å². The van der Waals surface area contributed by atoms with Gasteiger partial charge in [-0.15, -0.1) is 6.58 Å².